The maximum atomic E-state index is 5.69. The zero-order chi connectivity index (χ0) is 22.6. The molecule has 1 aromatic heterocycles. The molecule has 0 bridgehead atoms. The van der Waals surface area contributed by atoms with E-state index in [1.54, 1.807) is 0 Å². The van der Waals surface area contributed by atoms with Gasteiger partial charge in [-0.15, -0.1) is 0 Å². The lowest BCUT2D eigenvalue weighted by molar-refractivity contribution is 0.171. The standard InChI is InChI=1S/C26H33N5O2/c1-31(2)25-21-5-3-4-6-22(21)29-26(30-25)28-20-10-7-18(8-11-20)16-27-17-19-9-12-23-24(15-19)33-14-13-32-23/h3-6,9,12,15,18,20,27H,7-8,10-11,13-14,16-17H2,1-2H3,(H,28,29,30). The number of anilines is 2. The molecule has 1 aliphatic heterocycles. The summed E-state index contributed by atoms with van der Waals surface area (Å²) in [7, 11) is 4.06. The highest BCUT2D eigenvalue weighted by molar-refractivity contribution is 5.90. The molecule has 33 heavy (non-hydrogen) atoms. The number of nitrogens with one attached hydrogen (secondary N) is 2. The second-order valence-electron chi connectivity index (χ2n) is 9.25. The van der Waals surface area contributed by atoms with E-state index in [-0.39, 0.29) is 0 Å². The zero-order valence-electron chi connectivity index (χ0n) is 19.5. The predicted octanol–water partition coefficient (Wildman–Crippen LogP) is 4.23. The number of fused-ring (bicyclic) bond motifs is 2. The minimum Gasteiger partial charge on any atom is -0.486 e. The van der Waals surface area contributed by atoms with Crippen molar-refractivity contribution in [3.05, 3.63) is 48.0 Å². The molecule has 1 fully saturated rings. The minimum atomic E-state index is 0.426. The fourth-order valence-electron chi connectivity index (χ4n) is 4.78. The molecule has 5 rings (SSSR count). The molecule has 2 heterocycles. The first-order chi connectivity index (χ1) is 16.2. The van der Waals surface area contributed by atoms with E-state index < -0.39 is 0 Å². The fraction of sp³-hybridized carbons (Fsp3) is 0.462. The van der Waals surface area contributed by atoms with Gasteiger partial charge < -0.3 is 25.0 Å². The Morgan fingerprint density at radius 3 is 2.55 bits per heavy atom. The van der Waals surface area contributed by atoms with Gasteiger partial charge in [-0.1, -0.05) is 18.2 Å². The van der Waals surface area contributed by atoms with Crippen LogP contribution in [0.2, 0.25) is 0 Å². The van der Waals surface area contributed by atoms with Gasteiger partial charge in [-0.05, 0) is 68.0 Å². The number of benzene rings is 2. The highest BCUT2D eigenvalue weighted by Crippen LogP contribution is 2.31. The lowest BCUT2D eigenvalue weighted by atomic mass is 9.86. The lowest BCUT2D eigenvalue weighted by Crippen LogP contribution is -2.31. The molecule has 3 aromatic rings. The number of aromatic nitrogens is 2. The van der Waals surface area contributed by atoms with E-state index in [2.05, 4.69) is 39.8 Å². The van der Waals surface area contributed by atoms with Crippen LogP contribution in [0.15, 0.2) is 42.5 Å². The third-order valence-corrected chi connectivity index (χ3v) is 6.56. The average molecular weight is 448 g/mol. The van der Waals surface area contributed by atoms with E-state index in [1.807, 2.05) is 32.3 Å². The van der Waals surface area contributed by atoms with Crippen molar-refractivity contribution < 1.29 is 9.47 Å². The van der Waals surface area contributed by atoms with Gasteiger partial charge in [-0.2, -0.15) is 4.98 Å². The van der Waals surface area contributed by atoms with Crippen LogP contribution in [0.1, 0.15) is 31.2 Å². The Kier molecular flexibility index (Phi) is 6.48. The minimum absolute atomic E-state index is 0.426. The van der Waals surface area contributed by atoms with Crippen LogP contribution in [0.3, 0.4) is 0 Å². The third kappa shape index (κ3) is 5.14. The summed E-state index contributed by atoms with van der Waals surface area (Å²) >= 11 is 0. The van der Waals surface area contributed by atoms with Gasteiger partial charge in [0.2, 0.25) is 5.95 Å². The summed E-state index contributed by atoms with van der Waals surface area (Å²) in [5.74, 6) is 4.11. The van der Waals surface area contributed by atoms with Gasteiger partial charge in [-0.3, -0.25) is 0 Å². The Balaban J connectivity index is 1.11. The summed E-state index contributed by atoms with van der Waals surface area (Å²) in [5.41, 5.74) is 2.22. The fourth-order valence-corrected chi connectivity index (χ4v) is 4.78. The largest absolute Gasteiger partial charge is 0.486 e. The molecule has 2 aromatic carbocycles. The molecule has 2 aliphatic rings. The van der Waals surface area contributed by atoms with Crippen LogP contribution in [0, 0.1) is 5.92 Å². The quantitative estimate of drug-likeness (QED) is 0.562. The summed E-state index contributed by atoms with van der Waals surface area (Å²) in [6.07, 6.45) is 4.70. The zero-order valence-corrected chi connectivity index (χ0v) is 19.5. The van der Waals surface area contributed by atoms with E-state index in [0.717, 1.165) is 60.1 Å². The van der Waals surface area contributed by atoms with Gasteiger partial charge >= 0.3 is 0 Å². The van der Waals surface area contributed by atoms with Crippen LogP contribution in [0.25, 0.3) is 10.9 Å². The maximum Gasteiger partial charge on any atom is 0.225 e. The topological polar surface area (TPSA) is 71.5 Å². The maximum absolute atomic E-state index is 5.69. The summed E-state index contributed by atoms with van der Waals surface area (Å²) in [5, 5.41) is 8.32. The Hall–Kier alpha value is -3.06. The first kappa shape index (κ1) is 21.8. The predicted molar refractivity (Wildman–Crippen MR) is 132 cm³/mol. The molecule has 0 spiro atoms. The molecular formula is C26H33N5O2. The summed E-state index contributed by atoms with van der Waals surface area (Å²) < 4.78 is 11.3. The number of para-hydroxylation sites is 1. The molecule has 0 amide bonds. The van der Waals surface area contributed by atoms with Gasteiger partial charge in [0.15, 0.2) is 11.5 Å². The molecule has 7 heteroatoms. The van der Waals surface area contributed by atoms with Crippen molar-refractivity contribution in [2.24, 2.45) is 5.92 Å². The van der Waals surface area contributed by atoms with Gasteiger partial charge in [0.25, 0.3) is 0 Å². The van der Waals surface area contributed by atoms with E-state index >= 15 is 0 Å². The van der Waals surface area contributed by atoms with E-state index in [1.165, 1.54) is 18.4 Å². The summed E-state index contributed by atoms with van der Waals surface area (Å²) in [4.78, 5) is 11.6. The summed E-state index contributed by atoms with van der Waals surface area (Å²) in [6, 6.07) is 14.9. The van der Waals surface area contributed by atoms with Gasteiger partial charge in [0, 0.05) is 32.1 Å². The van der Waals surface area contributed by atoms with Crippen LogP contribution in [-0.2, 0) is 6.54 Å². The monoisotopic (exact) mass is 447 g/mol. The molecule has 2 N–H and O–H groups in total. The van der Waals surface area contributed by atoms with Crippen LogP contribution in [0.5, 0.6) is 11.5 Å². The molecular weight excluding hydrogens is 414 g/mol. The average Bonchev–Trinajstić information content (AvgIpc) is 2.84. The molecule has 0 unspecified atom stereocenters. The first-order valence-electron chi connectivity index (χ1n) is 12.0. The van der Waals surface area contributed by atoms with E-state index in [4.69, 9.17) is 19.4 Å². The van der Waals surface area contributed by atoms with Gasteiger partial charge in [0.1, 0.15) is 19.0 Å². The van der Waals surface area contributed by atoms with Crippen molar-refractivity contribution >= 4 is 22.7 Å². The normalized spacial score (nSPS) is 19.9. The van der Waals surface area contributed by atoms with Crippen molar-refractivity contribution in [1.82, 2.24) is 15.3 Å². The molecule has 7 nitrogen and oxygen atoms in total. The Labute approximate surface area is 195 Å². The SMILES string of the molecule is CN(C)c1nc(NC2CCC(CNCc3ccc4c(c3)OCCO4)CC2)nc2ccccc12. The number of hydrogen-bond acceptors (Lipinski definition) is 7. The molecule has 0 atom stereocenters. The van der Waals surface area contributed by atoms with E-state index in [0.29, 0.717) is 25.2 Å². The lowest BCUT2D eigenvalue weighted by Gasteiger charge is -2.29. The highest BCUT2D eigenvalue weighted by Gasteiger charge is 2.22. The van der Waals surface area contributed by atoms with Crippen molar-refractivity contribution in [3.63, 3.8) is 0 Å². The second kappa shape index (κ2) is 9.83. The van der Waals surface area contributed by atoms with Crippen molar-refractivity contribution in [2.75, 3.05) is 44.1 Å². The van der Waals surface area contributed by atoms with Crippen LogP contribution in [-0.4, -0.2) is 49.9 Å². The number of nitrogens with zero attached hydrogens (tertiary/aromatic N) is 3. The second-order valence-corrected chi connectivity index (χ2v) is 9.25. The number of ether oxygens (including phenoxy) is 2. The van der Waals surface area contributed by atoms with Gasteiger partial charge in [0.05, 0.1) is 5.52 Å². The summed E-state index contributed by atoms with van der Waals surface area (Å²) in [6.45, 7) is 3.15. The molecule has 1 saturated carbocycles. The van der Waals surface area contributed by atoms with Crippen molar-refractivity contribution in [2.45, 2.75) is 38.3 Å². The number of rotatable bonds is 7. The van der Waals surface area contributed by atoms with Gasteiger partial charge in [-0.25, -0.2) is 4.98 Å². The first-order valence-corrected chi connectivity index (χ1v) is 12.0. The van der Waals surface area contributed by atoms with Crippen LogP contribution in [0.4, 0.5) is 11.8 Å². The third-order valence-electron chi connectivity index (χ3n) is 6.56. The molecule has 0 radical (unpaired) electrons. The van der Waals surface area contributed by atoms with Crippen LogP contribution >= 0.6 is 0 Å². The Morgan fingerprint density at radius 2 is 1.73 bits per heavy atom. The number of hydrogen-bond donors (Lipinski definition) is 2. The smallest absolute Gasteiger partial charge is 0.225 e. The Morgan fingerprint density at radius 1 is 0.939 bits per heavy atom. The van der Waals surface area contributed by atoms with Crippen molar-refractivity contribution in [3.8, 4) is 11.5 Å². The van der Waals surface area contributed by atoms with Crippen LogP contribution < -0.4 is 25.0 Å². The molecule has 0 saturated heterocycles. The molecule has 174 valence electrons. The highest BCUT2D eigenvalue weighted by atomic mass is 16.6. The molecule has 1 aliphatic carbocycles. The Bertz CT molecular complexity index is 1100. The van der Waals surface area contributed by atoms with E-state index in [9.17, 15) is 0 Å². The van der Waals surface area contributed by atoms with Crippen molar-refractivity contribution in [1.29, 1.82) is 0 Å².